The summed E-state index contributed by atoms with van der Waals surface area (Å²) in [4.78, 5) is 29.1. The molecule has 1 aromatic rings. The molecular weight excluding hydrogens is 357 g/mol. The maximum absolute atomic E-state index is 14.6. The van der Waals surface area contributed by atoms with Crippen molar-refractivity contribution in [3.8, 4) is 0 Å². The highest BCUT2D eigenvalue weighted by atomic mass is 19.1. The van der Waals surface area contributed by atoms with E-state index in [0.717, 1.165) is 0 Å². The van der Waals surface area contributed by atoms with Gasteiger partial charge in [-0.25, -0.2) is 4.39 Å². The van der Waals surface area contributed by atoms with Crippen molar-refractivity contribution >= 4 is 23.3 Å². The number of ether oxygens (including phenoxy) is 2. The Morgan fingerprint density at radius 1 is 1.41 bits per heavy atom. The highest BCUT2D eigenvalue weighted by molar-refractivity contribution is 5.91. The first-order chi connectivity index (χ1) is 12.9. The van der Waals surface area contributed by atoms with Gasteiger partial charge in [-0.05, 0) is 23.7 Å². The molecule has 27 heavy (non-hydrogen) atoms. The Hall–Kier alpha value is -2.84. The normalized spacial score (nSPS) is 14.9. The fourth-order valence-corrected chi connectivity index (χ4v) is 2.84. The van der Waals surface area contributed by atoms with Crippen molar-refractivity contribution in [3.05, 3.63) is 34.5 Å². The number of hydrogen-bond donors (Lipinski definition) is 0. The summed E-state index contributed by atoms with van der Waals surface area (Å²) in [6.45, 7) is 4.61. The molecule has 0 saturated carbocycles. The van der Waals surface area contributed by atoms with E-state index < -0.39 is 17.9 Å². The molecule has 1 saturated heterocycles. The fraction of sp³-hybridized carbons (Fsp3) is 0.529. The van der Waals surface area contributed by atoms with Gasteiger partial charge < -0.3 is 19.3 Å². The van der Waals surface area contributed by atoms with Gasteiger partial charge in [-0.15, -0.1) is 0 Å². The SMILES string of the molecule is CC(=O)O[C@H](CN=[N+]=[N-])CN(C(C)=O)c1ccc(N2CCOCC2)c(F)c1. The minimum atomic E-state index is -0.829. The summed E-state index contributed by atoms with van der Waals surface area (Å²) in [6.07, 6.45) is -0.829. The minimum Gasteiger partial charge on any atom is -0.461 e. The number of benzene rings is 1. The Labute approximate surface area is 156 Å². The van der Waals surface area contributed by atoms with Gasteiger partial charge in [0, 0.05) is 37.5 Å². The largest absolute Gasteiger partial charge is 0.461 e. The zero-order valence-corrected chi connectivity index (χ0v) is 15.3. The van der Waals surface area contributed by atoms with Crippen LogP contribution in [0.2, 0.25) is 0 Å². The Bertz CT molecular complexity index is 728. The lowest BCUT2D eigenvalue weighted by atomic mass is 10.2. The molecule has 0 aliphatic carbocycles. The van der Waals surface area contributed by atoms with E-state index in [1.807, 2.05) is 4.90 Å². The monoisotopic (exact) mass is 379 g/mol. The van der Waals surface area contributed by atoms with E-state index in [9.17, 15) is 14.0 Å². The number of anilines is 2. The standard InChI is InChI=1S/C17H22FN5O4/c1-12(24)23(11-15(10-20-21-19)27-13(2)25)14-3-4-17(16(18)9-14)22-5-7-26-8-6-22/h3-4,9,15H,5-8,10-11H2,1-2H3/t15-/m1/s1. The van der Waals surface area contributed by atoms with Crippen molar-refractivity contribution in [2.24, 2.45) is 5.11 Å². The molecular formula is C17H22FN5O4. The van der Waals surface area contributed by atoms with E-state index in [2.05, 4.69) is 10.0 Å². The molecule has 0 N–H and O–H groups in total. The Morgan fingerprint density at radius 3 is 2.67 bits per heavy atom. The average molecular weight is 379 g/mol. The maximum atomic E-state index is 14.6. The van der Waals surface area contributed by atoms with E-state index in [0.29, 0.717) is 37.7 Å². The number of esters is 1. The summed E-state index contributed by atoms with van der Waals surface area (Å²) in [7, 11) is 0. The van der Waals surface area contributed by atoms with Gasteiger partial charge in [0.2, 0.25) is 5.91 Å². The molecule has 1 heterocycles. The van der Waals surface area contributed by atoms with E-state index >= 15 is 0 Å². The predicted molar refractivity (Wildman–Crippen MR) is 97.0 cm³/mol. The van der Waals surface area contributed by atoms with Gasteiger partial charge in [-0.2, -0.15) is 0 Å². The van der Waals surface area contributed by atoms with Gasteiger partial charge in [0.05, 0.1) is 32.0 Å². The van der Waals surface area contributed by atoms with Gasteiger partial charge in [-0.1, -0.05) is 5.11 Å². The number of hydrogen-bond acceptors (Lipinski definition) is 6. The lowest BCUT2D eigenvalue weighted by Crippen LogP contribution is -2.39. The quantitative estimate of drug-likeness (QED) is 0.312. The molecule has 0 radical (unpaired) electrons. The summed E-state index contributed by atoms with van der Waals surface area (Å²) in [6, 6.07) is 4.51. The highest BCUT2D eigenvalue weighted by Gasteiger charge is 2.22. The van der Waals surface area contributed by atoms with Crippen LogP contribution in [0.3, 0.4) is 0 Å². The van der Waals surface area contributed by atoms with Crippen LogP contribution in [-0.2, 0) is 19.1 Å². The molecule has 1 aromatic carbocycles. The molecule has 10 heteroatoms. The zero-order chi connectivity index (χ0) is 19.8. The van der Waals surface area contributed by atoms with E-state index in [1.165, 1.54) is 24.8 Å². The number of carbonyl (C=O) groups is 2. The number of amides is 1. The van der Waals surface area contributed by atoms with Crippen LogP contribution < -0.4 is 9.80 Å². The lowest BCUT2D eigenvalue weighted by molar-refractivity contribution is -0.145. The lowest BCUT2D eigenvalue weighted by Gasteiger charge is -2.30. The summed E-state index contributed by atoms with van der Waals surface area (Å²) in [5, 5.41) is 3.40. The molecule has 1 atom stereocenters. The van der Waals surface area contributed by atoms with E-state index in [1.54, 1.807) is 12.1 Å². The zero-order valence-electron chi connectivity index (χ0n) is 15.3. The molecule has 0 spiro atoms. The van der Waals surface area contributed by atoms with Crippen LogP contribution in [0.5, 0.6) is 0 Å². The summed E-state index contributed by atoms with van der Waals surface area (Å²) in [5.41, 5.74) is 9.24. The number of morpholine rings is 1. The van der Waals surface area contributed by atoms with Crippen LogP contribution in [0, 0.1) is 5.82 Å². The number of carbonyl (C=O) groups excluding carboxylic acids is 2. The number of rotatable bonds is 7. The predicted octanol–water partition coefficient (Wildman–Crippen LogP) is 2.26. The number of halogens is 1. The van der Waals surface area contributed by atoms with Gasteiger partial charge in [0.1, 0.15) is 11.9 Å². The smallest absolute Gasteiger partial charge is 0.302 e. The van der Waals surface area contributed by atoms with Gasteiger partial charge in [-0.3, -0.25) is 9.59 Å². The molecule has 146 valence electrons. The number of nitrogens with zero attached hydrogens (tertiary/aromatic N) is 5. The fourth-order valence-electron chi connectivity index (χ4n) is 2.84. The highest BCUT2D eigenvalue weighted by Crippen LogP contribution is 2.26. The molecule has 2 rings (SSSR count). The molecule has 1 amide bonds. The van der Waals surface area contributed by atoms with Crippen LogP contribution in [0.15, 0.2) is 23.3 Å². The van der Waals surface area contributed by atoms with Crippen LogP contribution >= 0.6 is 0 Å². The molecule has 1 aliphatic heterocycles. The molecule has 9 nitrogen and oxygen atoms in total. The molecule has 0 aromatic heterocycles. The molecule has 1 aliphatic rings. The maximum Gasteiger partial charge on any atom is 0.302 e. The molecule has 1 fully saturated rings. The van der Waals surface area contributed by atoms with Crippen molar-refractivity contribution in [1.29, 1.82) is 0 Å². The second kappa shape index (κ2) is 9.75. The van der Waals surface area contributed by atoms with Crippen LogP contribution in [0.4, 0.5) is 15.8 Å². The van der Waals surface area contributed by atoms with Crippen molar-refractivity contribution in [3.63, 3.8) is 0 Å². The Kier molecular flexibility index (Phi) is 7.39. The van der Waals surface area contributed by atoms with Gasteiger partial charge >= 0.3 is 5.97 Å². The summed E-state index contributed by atoms with van der Waals surface area (Å²) in [5.74, 6) is -1.38. The second-order valence-electron chi connectivity index (χ2n) is 6.01. The van der Waals surface area contributed by atoms with Crippen LogP contribution in [0.1, 0.15) is 13.8 Å². The van der Waals surface area contributed by atoms with E-state index in [-0.39, 0.29) is 19.0 Å². The van der Waals surface area contributed by atoms with Crippen molar-refractivity contribution in [1.82, 2.24) is 0 Å². The van der Waals surface area contributed by atoms with Gasteiger partial charge in [0.15, 0.2) is 0 Å². The third kappa shape index (κ3) is 5.83. The average Bonchev–Trinajstić information content (AvgIpc) is 2.63. The van der Waals surface area contributed by atoms with Crippen molar-refractivity contribution in [2.45, 2.75) is 20.0 Å². The van der Waals surface area contributed by atoms with Crippen LogP contribution in [0.25, 0.3) is 10.4 Å². The first-order valence-corrected chi connectivity index (χ1v) is 8.50. The van der Waals surface area contributed by atoms with Crippen molar-refractivity contribution < 1.29 is 23.5 Å². The third-order valence-corrected chi connectivity index (χ3v) is 4.04. The third-order valence-electron chi connectivity index (χ3n) is 4.04. The Balaban J connectivity index is 2.21. The second-order valence-corrected chi connectivity index (χ2v) is 6.01. The van der Waals surface area contributed by atoms with Crippen molar-refractivity contribution in [2.75, 3.05) is 49.2 Å². The summed E-state index contributed by atoms with van der Waals surface area (Å²) >= 11 is 0. The first-order valence-electron chi connectivity index (χ1n) is 8.50. The van der Waals surface area contributed by atoms with E-state index in [4.69, 9.17) is 15.0 Å². The molecule has 0 unspecified atom stereocenters. The van der Waals surface area contributed by atoms with Gasteiger partial charge in [0.25, 0.3) is 0 Å². The summed E-state index contributed by atoms with van der Waals surface area (Å²) < 4.78 is 25.0. The number of azide groups is 1. The molecule has 0 bridgehead atoms. The topological polar surface area (TPSA) is 108 Å². The Morgan fingerprint density at radius 2 is 2.11 bits per heavy atom. The van der Waals surface area contributed by atoms with Crippen LogP contribution in [-0.4, -0.2) is 57.4 Å². The minimum absolute atomic E-state index is 0.0513. The first kappa shape index (κ1) is 20.5.